The van der Waals surface area contributed by atoms with Crippen LogP contribution in [0.15, 0.2) is 29.2 Å². The van der Waals surface area contributed by atoms with E-state index in [1.165, 1.54) is 19.2 Å². The van der Waals surface area contributed by atoms with E-state index in [2.05, 4.69) is 4.72 Å². The minimum atomic E-state index is -3.38. The molecule has 5 heteroatoms. The first kappa shape index (κ1) is 12.3. The Kier molecular flexibility index (Phi) is 3.31. The van der Waals surface area contributed by atoms with Crippen LogP contribution in [-0.4, -0.2) is 21.2 Å². The van der Waals surface area contributed by atoms with Gasteiger partial charge in [-0.05, 0) is 37.6 Å². The van der Waals surface area contributed by atoms with Gasteiger partial charge in [0.05, 0.1) is 4.90 Å². The Bertz CT molecular complexity index is 515. The maximum absolute atomic E-state index is 11.6. The van der Waals surface area contributed by atoms with Gasteiger partial charge in [0.15, 0.2) is 0 Å². The first-order valence-corrected chi connectivity index (χ1v) is 7.06. The minimum Gasteiger partial charge on any atom is -0.299 e. The van der Waals surface area contributed by atoms with Gasteiger partial charge < -0.3 is 0 Å². The topological polar surface area (TPSA) is 63.2 Å². The number of sulfonamides is 1. The molecule has 1 aromatic rings. The first-order chi connectivity index (χ1) is 8.03. The van der Waals surface area contributed by atoms with Gasteiger partial charge in [0.2, 0.25) is 10.0 Å². The standard InChI is InChI=1S/C12H15NO3S/c1-13-17(15,16)11-6-2-9(3-7-11)8-12(14)10-4-5-10/h2-3,6-7,10,13H,4-5,8H2,1H3. The second-order valence-corrected chi connectivity index (χ2v) is 6.16. The number of ketones is 1. The van der Waals surface area contributed by atoms with Crippen molar-refractivity contribution in [3.63, 3.8) is 0 Å². The summed E-state index contributed by atoms with van der Waals surface area (Å²) in [6, 6.07) is 6.46. The van der Waals surface area contributed by atoms with E-state index in [9.17, 15) is 13.2 Å². The van der Waals surface area contributed by atoms with Crippen LogP contribution in [0.4, 0.5) is 0 Å². The fraction of sp³-hybridized carbons (Fsp3) is 0.417. The molecule has 0 saturated heterocycles. The predicted molar refractivity (Wildman–Crippen MR) is 64.1 cm³/mol. The van der Waals surface area contributed by atoms with E-state index in [4.69, 9.17) is 0 Å². The van der Waals surface area contributed by atoms with E-state index >= 15 is 0 Å². The number of carbonyl (C=O) groups excluding carboxylic acids is 1. The zero-order chi connectivity index (χ0) is 12.5. The molecule has 0 radical (unpaired) electrons. The molecular weight excluding hydrogens is 238 g/mol. The van der Waals surface area contributed by atoms with E-state index in [0.29, 0.717) is 6.42 Å². The number of Topliss-reactive ketones (excluding diaryl/α,β-unsaturated/α-hetero) is 1. The lowest BCUT2D eigenvalue weighted by Gasteiger charge is -2.04. The van der Waals surface area contributed by atoms with Crippen molar-refractivity contribution in [2.24, 2.45) is 5.92 Å². The molecule has 1 aromatic carbocycles. The second kappa shape index (κ2) is 4.58. The van der Waals surface area contributed by atoms with Gasteiger partial charge in [0.25, 0.3) is 0 Å². The molecule has 0 aliphatic heterocycles. The number of hydrogen-bond donors (Lipinski definition) is 1. The molecule has 1 aliphatic rings. The summed E-state index contributed by atoms with van der Waals surface area (Å²) in [5.41, 5.74) is 0.872. The molecule has 0 bridgehead atoms. The smallest absolute Gasteiger partial charge is 0.240 e. The summed E-state index contributed by atoms with van der Waals surface area (Å²) in [5, 5.41) is 0. The van der Waals surface area contributed by atoms with E-state index < -0.39 is 10.0 Å². The molecule has 1 fully saturated rings. The molecule has 2 rings (SSSR count). The van der Waals surface area contributed by atoms with Crippen molar-refractivity contribution in [3.05, 3.63) is 29.8 Å². The largest absolute Gasteiger partial charge is 0.299 e. The van der Waals surface area contributed by atoms with Crippen LogP contribution in [0.2, 0.25) is 0 Å². The molecule has 0 unspecified atom stereocenters. The first-order valence-electron chi connectivity index (χ1n) is 5.58. The molecule has 1 saturated carbocycles. The fourth-order valence-electron chi connectivity index (χ4n) is 1.66. The third-order valence-electron chi connectivity index (χ3n) is 2.91. The monoisotopic (exact) mass is 253 g/mol. The highest BCUT2D eigenvalue weighted by Gasteiger charge is 2.29. The lowest BCUT2D eigenvalue weighted by molar-refractivity contribution is -0.119. The molecule has 1 aliphatic carbocycles. The highest BCUT2D eigenvalue weighted by atomic mass is 32.2. The van der Waals surface area contributed by atoms with E-state index in [-0.39, 0.29) is 16.6 Å². The molecule has 17 heavy (non-hydrogen) atoms. The Balaban J connectivity index is 2.10. The molecule has 0 amide bonds. The van der Waals surface area contributed by atoms with Gasteiger partial charge in [0, 0.05) is 12.3 Å². The van der Waals surface area contributed by atoms with E-state index in [1.807, 2.05) is 0 Å². The van der Waals surface area contributed by atoms with Crippen molar-refractivity contribution >= 4 is 15.8 Å². The van der Waals surface area contributed by atoms with E-state index in [1.54, 1.807) is 12.1 Å². The van der Waals surface area contributed by atoms with Crippen LogP contribution < -0.4 is 4.72 Å². The molecule has 92 valence electrons. The molecule has 0 heterocycles. The predicted octanol–water partition coefficient (Wildman–Crippen LogP) is 1.12. The average molecular weight is 253 g/mol. The summed E-state index contributed by atoms with van der Waals surface area (Å²) in [5.74, 6) is 0.505. The number of rotatable bonds is 5. The Morgan fingerprint density at radius 3 is 2.35 bits per heavy atom. The third kappa shape index (κ3) is 2.92. The molecule has 0 spiro atoms. The Morgan fingerprint density at radius 2 is 1.88 bits per heavy atom. The summed E-state index contributed by atoms with van der Waals surface area (Å²) in [6.45, 7) is 0. The van der Waals surface area contributed by atoms with Crippen LogP contribution in [0, 0.1) is 5.92 Å². The highest BCUT2D eigenvalue weighted by molar-refractivity contribution is 7.89. The van der Waals surface area contributed by atoms with Crippen molar-refractivity contribution in [1.82, 2.24) is 4.72 Å². The summed E-state index contributed by atoms with van der Waals surface area (Å²) >= 11 is 0. The molecule has 4 nitrogen and oxygen atoms in total. The van der Waals surface area contributed by atoms with Gasteiger partial charge in [0.1, 0.15) is 5.78 Å². The van der Waals surface area contributed by atoms with Crippen molar-refractivity contribution in [1.29, 1.82) is 0 Å². The number of hydrogen-bond acceptors (Lipinski definition) is 3. The minimum absolute atomic E-state index is 0.225. The van der Waals surface area contributed by atoms with Gasteiger partial charge >= 0.3 is 0 Å². The van der Waals surface area contributed by atoms with Crippen LogP contribution in [0.5, 0.6) is 0 Å². The van der Waals surface area contributed by atoms with Crippen molar-refractivity contribution < 1.29 is 13.2 Å². The number of carbonyl (C=O) groups is 1. The lowest BCUT2D eigenvalue weighted by atomic mass is 10.1. The molecular formula is C12H15NO3S. The number of nitrogens with one attached hydrogen (secondary N) is 1. The van der Waals surface area contributed by atoms with Gasteiger partial charge in [-0.2, -0.15) is 0 Å². The molecule has 1 N–H and O–H groups in total. The van der Waals surface area contributed by atoms with Crippen LogP contribution in [0.25, 0.3) is 0 Å². The van der Waals surface area contributed by atoms with Crippen LogP contribution in [-0.2, 0) is 21.2 Å². The van der Waals surface area contributed by atoms with Crippen LogP contribution >= 0.6 is 0 Å². The van der Waals surface area contributed by atoms with Gasteiger partial charge in [-0.1, -0.05) is 12.1 Å². The van der Waals surface area contributed by atoms with Crippen LogP contribution in [0.1, 0.15) is 18.4 Å². The summed E-state index contributed by atoms with van der Waals surface area (Å²) in [6.07, 6.45) is 2.42. The van der Waals surface area contributed by atoms with Gasteiger partial charge in [-0.3, -0.25) is 4.79 Å². The Hall–Kier alpha value is -1.20. The average Bonchev–Trinajstić information content (AvgIpc) is 3.13. The van der Waals surface area contributed by atoms with Crippen molar-refractivity contribution in [2.45, 2.75) is 24.2 Å². The Labute approximate surface area is 101 Å². The lowest BCUT2D eigenvalue weighted by Crippen LogP contribution is -2.18. The second-order valence-electron chi connectivity index (χ2n) is 4.27. The SMILES string of the molecule is CNS(=O)(=O)c1ccc(CC(=O)C2CC2)cc1. The summed E-state index contributed by atoms with van der Waals surface area (Å²) in [4.78, 5) is 11.8. The number of benzene rings is 1. The molecule has 0 atom stereocenters. The maximum atomic E-state index is 11.6. The Morgan fingerprint density at radius 1 is 1.29 bits per heavy atom. The summed E-state index contributed by atoms with van der Waals surface area (Å²) in [7, 11) is -2.01. The van der Waals surface area contributed by atoms with Gasteiger partial charge in [-0.15, -0.1) is 0 Å². The normalized spacial score (nSPS) is 15.8. The highest BCUT2D eigenvalue weighted by Crippen LogP contribution is 2.30. The maximum Gasteiger partial charge on any atom is 0.240 e. The van der Waals surface area contributed by atoms with Crippen molar-refractivity contribution in [3.8, 4) is 0 Å². The summed E-state index contributed by atoms with van der Waals surface area (Å²) < 4.78 is 25.2. The third-order valence-corrected chi connectivity index (χ3v) is 4.34. The quantitative estimate of drug-likeness (QED) is 0.855. The van der Waals surface area contributed by atoms with E-state index in [0.717, 1.165) is 18.4 Å². The zero-order valence-electron chi connectivity index (χ0n) is 9.64. The zero-order valence-corrected chi connectivity index (χ0v) is 10.5. The van der Waals surface area contributed by atoms with Crippen LogP contribution in [0.3, 0.4) is 0 Å². The fourth-order valence-corrected chi connectivity index (χ4v) is 2.39. The van der Waals surface area contributed by atoms with Crippen molar-refractivity contribution in [2.75, 3.05) is 7.05 Å². The molecule has 0 aromatic heterocycles. The van der Waals surface area contributed by atoms with Gasteiger partial charge in [-0.25, -0.2) is 13.1 Å².